The van der Waals surface area contributed by atoms with Crippen molar-refractivity contribution >= 4 is 22.6 Å². The molecule has 5 nitrogen and oxygen atoms in total. The van der Waals surface area contributed by atoms with Gasteiger partial charge in [0.1, 0.15) is 23.7 Å². The lowest BCUT2D eigenvalue weighted by atomic mass is 9.99. The number of hydrogen-bond donors (Lipinski definition) is 2. The van der Waals surface area contributed by atoms with Gasteiger partial charge in [-0.05, 0) is 17.7 Å². The largest absolute Gasteiger partial charge is 0.508 e. The molecule has 5 heteroatoms. The monoisotopic (exact) mass is 379 g/mol. The number of hydrogen-bond acceptors (Lipinski definition) is 5. The molecule has 29 heavy (non-hydrogen) atoms. The van der Waals surface area contributed by atoms with Crippen LogP contribution in [-0.2, 0) is 0 Å². The molecule has 140 valence electrons. The van der Waals surface area contributed by atoms with E-state index in [9.17, 15) is 5.11 Å². The van der Waals surface area contributed by atoms with E-state index in [4.69, 9.17) is 4.42 Å². The normalized spacial score (nSPS) is 10.9. The summed E-state index contributed by atoms with van der Waals surface area (Å²) in [5.74, 6) is 1.54. The highest BCUT2D eigenvalue weighted by Crippen LogP contribution is 2.43. The van der Waals surface area contributed by atoms with Gasteiger partial charge in [-0.1, -0.05) is 66.7 Å². The van der Waals surface area contributed by atoms with E-state index < -0.39 is 0 Å². The fraction of sp³-hybridized carbons (Fsp3) is 0. The Hall–Kier alpha value is -4.12. The van der Waals surface area contributed by atoms with E-state index in [0.717, 1.165) is 33.5 Å². The molecule has 5 rings (SSSR count). The van der Waals surface area contributed by atoms with Gasteiger partial charge in [0.25, 0.3) is 0 Å². The van der Waals surface area contributed by atoms with Crippen molar-refractivity contribution in [2.75, 3.05) is 5.32 Å². The molecular formula is C24H17N3O2. The Bertz CT molecular complexity index is 1280. The number of nitrogens with zero attached hydrogens (tertiary/aromatic N) is 2. The highest BCUT2D eigenvalue weighted by atomic mass is 16.3. The molecule has 0 aliphatic carbocycles. The Kier molecular flexibility index (Phi) is 4.18. The first-order valence-corrected chi connectivity index (χ1v) is 9.24. The molecule has 0 spiro atoms. The Morgan fingerprint density at radius 3 is 2.21 bits per heavy atom. The van der Waals surface area contributed by atoms with Crippen molar-refractivity contribution in [3.05, 3.63) is 91.3 Å². The predicted octanol–water partition coefficient (Wildman–Crippen LogP) is 6.01. The van der Waals surface area contributed by atoms with E-state index in [1.807, 2.05) is 66.7 Å². The molecule has 0 aliphatic rings. The number of benzene rings is 3. The highest BCUT2D eigenvalue weighted by molar-refractivity contribution is 6.06. The van der Waals surface area contributed by atoms with E-state index in [2.05, 4.69) is 15.3 Å². The van der Waals surface area contributed by atoms with Crippen molar-refractivity contribution in [1.29, 1.82) is 0 Å². The summed E-state index contributed by atoms with van der Waals surface area (Å²) in [6.45, 7) is 0. The van der Waals surface area contributed by atoms with E-state index in [-0.39, 0.29) is 5.75 Å². The zero-order valence-corrected chi connectivity index (χ0v) is 15.4. The highest BCUT2D eigenvalue weighted by Gasteiger charge is 2.22. The van der Waals surface area contributed by atoms with Gasteiger partial charge in [0.05, 0.1) is 5.39 Å². The van der Waals surface area contributed by atoms with Crippen molar-refractivity contribution in [1.82, 2.24) is 9.97 Å². The average Bonchev–Trinajstić information content (AvgIpc) is 3.16. The van der Waals surface area contributed by atoms with E-state index in [1.165, 1.54) is 6.33 Å². The van der Waals surface area contributed by atoms with Crippen molar-refractivity contribution in [3.8, 4) is 28.2 Å². The molecule has 0 fully saturated rings. The lowest BCUT2D eigenvalue weighted by Gasteiger charge is -2.09. The molecular weight excluding hydrogens is 362 g/mol. The summed E-state index contributed by atoms with van der Waals surface area (Å²) in [4.78, 5) is 8.83. The summed E-state index contributed by atoms with van der Waals surface area (Å²) in [7, 11) is 0. The Labute approximate surface area is 167 Å². The molecule has 0 saturated heterocycles. The van der Waals surface area contributed by atoms with Crippen molar-refractivity contribution in [3.63, 3.8) is 0 Å². The second-order valence-corrected chi connectivity index (χ2v) is 6.62. The van der Waals surface area contributed by atoms with Crippen LogP contribution < -0.4 is 5.32 Å². The number of aromatic hydroxyl groups is 1. The molecule has 2 N–H and O–H groups in total. The summed E-state index contributed by atoms with van der Waals surface area (Å²) in [5.41, 5.74) is 4.13. The molecule has 0 amide bonds. The molecule has 0 bridgehead atoms. The van der Waals surface area contributed by atoms with Crippen LogP contribution >= 0.6 is 0 Å². The van der Waals surface area contributed by atoms with Gasteiger partial charge in [-0.2, -0.15) is 0 Å². The van der Waals surface area contributed by atoms with Crippen LogP contribution in [0.3, 0.4) is 0 Å². The fourth-order valence-electron chi connectivity index (χ4n) is 3.42. The molecule has 3 aromatic carbocycles. The quantitative estimate of drug-likeness (QED) is 0.400. The SMILES string of the molecule is Oc1cccc(Nc2ncnc3oc(-c4ccccc4)c(-c4ccccc4)c23)c1. The maximum absolute atomic E-state index is 9.80. The number of fused-ring (bicyclic) bond motifs is 1. The van der Waals surface area contributed by atoms with E-state index in [0.29, 0.717) is 11.5 Å². The first kappa shape index (κ1) is 17.0. The number of rotatable bonds is 4. The number of furan rings is 1. The zero-order valence-electron chi connectivity index (χ0n) is 15.4. The second-order valence-electron chi connectivity index (χ2n) is 6.62. The minimum Gasteiger partial charge on any atom is -0.508 e. The predicted molar refractivity (Wildman–Crippen MR) is 114 cm³/mol. The van der Waals surface area contributed by atoms with Gasteiger partial charge in [0, 0.05) is 22.9 Å². The molecule has 0 atom stereocenters. The smallest absolute Gasteiger partial charge is 0.232 e. The molecule has 0 aliphatic heterocycles. The van der Waals surface area contributed by atoms with Crippen molar-refractivity contribution < 1.29 is 9.52 Å². The molecule has 0 radical (unpaired) electrons. The summed E-state index contributed by atoms with van der Waals surface area (Å²) in [6, 6.07) is 26.9. The van der Waals surface area contributed by atoms with Crippen molar-refractivity contribution in [2.24, 2.45) is 0 Å². The summed E-state index contributed by atoms with van der Waals surface area (Å²) >= 11 is 0. The molecule has 0 saturated carbocycles. The lowest BCUT2D eigenvalue weighted by molar-refractivity contribution is 0.475. The maximum atomic E-state index is 9.80. The first-order valence-electron chi connectivity index (χ1n) is 9.24. The minimum atomic E-state index is 0.181. The van der Waals surface area contributed by atoms with Crippen LogP contribution in [0, 0.1) is 0 Å². The number of aromatic nitrogens is 2. The number of phenolic OH excluding ortho intramolecular Hbond substituents is 1. The standard InChI is InChI=1S/C24H17N3O2/c28-19-13-7-12-18(14-19)27-23-21-20(16-8-3-1-4-9-16)22(17-10-5-2-6-11-17)29-24(21)26-15-25-23/h1-15,28H,(H,25,26,27). The average molecular weight is 379 g/mol. The Morgan fingerprint density at radius 1 is 0.759 bits per heavy atom. The second kappa shape index (κ2) is 7.13. The molecule has 5 aromatic rings. The van der Waals surface area contributed by atoms with E-state index >= 15 is 0 Å². The maximum Gasteiger partial charge on any atom is 0.232 e. The molecule has 2 heterocycles. The van der Waals surface area contributed by atoms with Crippen LogP contribution in [-0.4, -0.2) is 15.1 Å². The molecule has 2 aromatic heterocycles. The van der Waals surface area contributed by atoms with Crippen LogP contribution in [0.4, 0.5) is 11.5 Å². The Morgan fingerprint density at radius 2 is 1.48 bits per heavy atom. The first-order chi connectivity index (χ1) is 14.3. The van der Waals surface area contributed by atoms with Gasteiger partial charge in [-0.25, -0.2) is 9.97 Å². The van der Waals surface area contributed by atoms with Gasteiger partial charge < -0.3 is 14.8 Å². The Balaban J connectivity index is 1.77. The van der Waals surface area contributed by atoms with Gasteiger partial charge in [0.15, 0.2) is 0 Å². The van der Waals surface area contributed by atoms with Gasteiger partial charge >= 0.3 is 0 Å². The summed E-state index contributed by atoms with van der Waals surface area (Å²) < 4.78 is 6.20. The fourth-order valence-corrected chi connectivity index (χ4v) is 3.42. The van der Waals surface area contributed by atoms with Crippen LogP contribution in [0.2, 0.25) is 0 Å². The minimum absolute atomic E-state index is 0.181. The van der Waals surface area contributed by atoms with E-state index in [1.54, 1.807) is 18.2 Å². The lowest BCUT2D eigenvalue weighted by Crippen LogP contribution is -1.95. The third-order valence-electron chi connectivity index (χ3n) is 4.70. The third kappa shape index (κ3) is 3.19. The van der Waals surface area contributed by atoms with Gasteiger partial charge in [-0.15, -0.1) is 0 Å². The summed E-state index contributed by atoms with van der Waals surface area (Å²) in [6.07, 6.45) is 1.47. The number of anilines is 2. The summed E-state index contributed by atoms with van der Waals surface area (Å²) in [5, 5.41) is 13.9. The third-order valence-corrected chi connectivity index (χ3v) is 4.70. The van der Waals surface area contributed by atoms with Crippen LogP contribution in [0.25, 0.3) is 33.6 Å². The van der Waals surface area contributed by atoms with Gasteiger partial charge in [-0.3, -0.25) is 0 Å². The topological polar surface area (TPSA) is 71.2 Å². The molecule has 0 unspecified atom stereocenters. The van der Waals surface area contributed by atoms with Crippen LogP contribution in [0.15, 0.2) is 95.7 Å². The number of phenols is 1. The number of nitrogens with one attached hydrogen (secondary N) is 1. The van der Waals surface area contributed by atoms with Crippen LogP contribution in [0.5, 0.6) is 5.75 Å². The van der Waals surface area contributed by atoms with Gasteiger partial charge in [0.2, 0.25) is 5.71 Å². The van der Waals surface area contributed by atoms with Crippen LogP contribution in [0.1, 0.15) is 0 Å². The van der Waals surface area contributed by atoms with Crippen molar-refractivity contribution in [2.45, 2.75) is 0 Å². The zero-order chi connectivity index (χ0) is 19.6.